The van der Waals surface area contributed by atoms with Gasteiger partial charge in [-0.1, -0.05) is 32.0 Å². The molecular weight excluding hydrogens is 392 g/mol. The van der Waals surface area contributed by atoms with Crippen molar-refractivity contribution in [1.29, 1.82) is 0 Å². The van der Waals surface area contributed by atoms with Crippen molar-refractivity contribution in [2.24, 2.45) is 0 Å². The van der Waals surface area contributed by atoms with Gasteiger partial charge in [-0.3, -0.25) is 14.2 Å². The average molecular weight is 421 g/mol. The summed E-state index contributed by atoms with van der Waals surface area (Å²) in [5.41, 5.74) is 2.98. The van der Waals surface area contributed by atoms with Gasteiger partial charge in [0.05, 0.1) is 7.11 Å². The predicted molar refractivity (Wildman–Crippen MR) is 121 cm³/mol. The molecule has 0 bridgehead atoms. The number of aryl methyl sites for hydroxylation is 1. The minimum atomic E-state index is -0.368. The summed E-state index contributed by atoms with van der Waals surface area (Å²) in [5.74, 6) is 0.327. The van der Waals surface area contributed by atoms with Crippen LogP contribution in [0.4, 0.5) is 0 Å². The van der Waals surface area contributed by atoms with E-state index in [-0.39, 0.29) is 29.3 Å². The Labute approximate surface area is 182 Å². The summed E-state index contributed by atoms with van der Waals surface area (Å²) in [6.45, 7) is 6.19. The molecule has 0 atom stereocenters. The Bertz CT molecular complexity index is 1160. The fourth-order valence-electron chi connectivity index (χ4n) is 3.49. The van der Waals surface area contributed by atoms with E-state index in [0.29, 0.717) is 17.2 Å². The molecule has 6 nitrogen and oxygen atoms in total. The van der Waals surface area contributed by atoms with Crippen LogP contribution in [-0.4, -0.2) is 34.6 Å². The highest BCUT2D eigenvalue weighted by Crippen LogP contribution is 2.27. The van der Waals surface area contributed by atoms with Crippen LogP contribution in [-0.2, 0) is 6.54 Å². The second-order valence-corrected chi connectivity index (χ2v) is 7.97. The normalized spacial score (nSPS) is 10.9. The lowest BCUT2D eigenvalue weighted by Gasteiger charge is -2.19. The van der Waals surface area contributed by atoms with Crippen LogP contribution in [0.5, 0.6) is 11.5 Å². The number of hydrogen-bond acceptors (Lipinski definition) is 4. The first-order valence-corrected chi connectivity index (χ1v) is 10.2. The number of phenols is 1. The second kappa shape index (κ2) is 9.08. The third-order valence-corrected chi connectivity index (χ3v) is 5.34. The molecule has 3 aromatic rings. The number of pyridine rings is 1. The van der Waals surface area contributed by atoms with Crippen LogP contribution < -0.4 is 10.3 Å². The Hall–Kier alpha value is -3.54. The van der Waals surface area contributed by atoms with Crippen molar-refractivity contribution in [3.8, 4) is 17.2 Å². The van der Waals surface area contributed by atoms with E-state index >= 15 is 0 Å². The van der Waals surface area contributed by atoms with Crippen molar-refractivity contribution in [3.05, 3.63) is 87.3 Å². The minimum Gasteiger partial charge on any atom is -0.504 e. The first-order chi connectivity index (χ1) is 14.7. The van der Waals surface area contributed by atoms with Crippen LogP contribution in [0.2, 0.25) is 0 Å². The van der Waals surface area contributed by atoms with Gasteiger partial charge in [0.25, 0.3) is 11.5 Å². The zero-order valence-electron chi connectivity index (χ0n) is 18.5. The Morgan fingerprint density at radius 2 is 1.90 bits per heavy atom. The maximum absolute atomic E-state index is 13.3. The maximum Gasteiger partial charge on any atom is 0.268 e. The number of phenolic OH excluding ortho intramolecular Hbond substituents is 1. The molecule has 0 aliphatic rings. The van der Waals surface area contributed by atoms with Crippen LogP contribution >= 0.6 is 0 Å². The van der Waals surface area contributed by atoms with Crippen LogP contribution in [0.3, 0.4) is 0 Å². The molecule has 1 aromatic heterocycles. The topological polar surface area (TPSA) is 71.8 Å². The quantitative estimate of drug-likeness (QED) is 0.647. The molecule has 2 aromatic carbocycles. The van der Waals surface area contributed by atoms with Crippen molar-refractivity contribution in [1.82, 2.24) is 9.47 Å². The van der Waals surface area contributed by atoms with Gasteiger partial charge in [0.15, 0.2) is 11.5 Å². The molecule has 3 rings (SSSR count). The smallest absolute Gasteiger partial charge is 0.268 e. The fourth-order valence-corrected chi connectivity index (χ4v) is 3.49. The average Bonchev–Trinajstić information content (AvgIpc) is 2.74. The van der Waals surface area contributed by atoms with E-state index in [0.717, 1.165) is 16.8 Å². The molecule has 1 heterocycles. The highest BCUT2D eigenvalue weighted by Gasteiger charge is 2.21. The summed E-state index contributed by atoms with van der Waals surface area (Å²) >= 11 is 0. The van der Waals surface area contributed by atoms with Crippen molar-refractivity contribution in [2.75, 3.05) is 14.2 Å². The van der Waals surface area contributed by atoms with E-state index in [1.807, 2.05) is 24.3 Å². The van der Waals surface area contributed by atoms with Gasteiger partial charge in [0, 0.05) is 25.5 Å². The summed E-state index contributed by atoms with van der Waals surface area (Å²) in [6, 6.07) is 14.5. The van der Waals surface area contributed by atoms with Gasteiger partial charge in [-0.25, -0.2) is 0 Å². The van der Waals surface area contributed by atoms with E-state index in [9.17, 15) is 14.7 Å². The van der Waals surface area contributed by atoms with Gasteiger partial charge < -0.3 is 14.7 Å². The van der Waals surface area contributed by atoms with Gasteiger partial charge in [-0.2, -0.15) is 0 Å². The van der Waals surface area contributed by atoms with Gasteiger partial charge >= 0.3 is 0 Å². The standard InChI is InChI=1S/C25H28N2O4/c1-16(2)19-7-6-8-20(14-19)27-12-11-17(3)23(25(27)30)24(29)26(4)15-18-9-10-22(31-5)21(28)13-18/h6-14,16,28H,15H2,1-5H3. The molecule has 1 N–H and O–H groups in total. The van der Waals surface area contributed by atoms with E-state index in [2.05, 4.69) is 13.8 Å². The Kier molecular flexibility index (Phi) is 6.49. The third kappa shape index (κ3) is 4.63. The van der Waals surface area contributed by atoms with Crippen molar-refractivity contribution < 1.29 is 14.6 Å². The highest BCUT2D eigenvalue weighted by molar-refractivity contribution is 5.95. The van der Waals surface area contributed by atoms with Gasteiger partial charge in [0.1, 0.15) is 5.56 Å². The summed E-state index contributed by atoms with van der Waals surface area (Å²) in [4.78, 5) is 27.9. The third-order valence-electron chi connectivity index (χ3n) is 5.34. The number of rotatable bonds is 6. The second-order valence-electron chi connectivity index (χ2n) is 7.97. The molecule has 0 saturated carbocycles. The van der Waals surface area contributed by atoms with Gasteiger partial charge in [0.2, 0.25) is 0 Å². The molecule has 0 aliphatic heterocycles. The first kappa shape index (κ1) is 22.2. The molecule has 0 aliphatic carbocycles. The van der Waals surface area contributed by atoms with Crippen LogP contribution in [0.15, 0.2) is 59.5 Å². The monoisotopic (exact) mass is 420 g/mol. The Morgan fingerprint density at radius 1 is 1.16 bits per heavy atom. The number of carbonyl (C=O) groups excluding carboxylic acids is 1. The number of aromatic nitrogens is 1. The lowest BCUT2D eigenvalue weighted by molar-refractivity contribution is 0.0782. The number of amides is 1. The molecule has 0 saturated heterocycles. The number of hydrogen-bond donors (Lipinski definition) is 1. The molecule has 0 fully saturated rings. The minimum absolute atomic E-state index is 0.00382. The molecule has 0 radical (unpaired) electrons. The lowest BCUT2D eigenvalue weighted by atomic mass is 10.0. The zero-order chi connectivity index (χ0) is 22.7. The zero-order valence-corrected chi connectivity index (χ0v) is 18.5. The predicted octanol–water partition coefficient (Wildman–Crippen LogP) is 4.26. The van der Waals surface area contributed by atoms with Crippen molar-refractivity contribution in [3.63, 3.8) is 0 Å². The van der Waals surface area contributed by atoms with Crippen LogP contribution in [0.25, 0.3) is 5.69 Å². The molecule has 0 spiro atoms. The lowest BCUT2D eigenvalue weighted by Crippen LogP contribution is -2.34. The van der Waals surface area contributed by atoms with Gasteiger partial charge in [-0.15, -0.1) is 0 Å². The summed E-state index contributed by atoms with van der Waals surface area (Å²) < 4.78 is 6.57. The van der Waals surface area contributed by atoms with E-state index in [1.54, 1.807) is 44.4 Å². The number of carbonyl (C=O) groups is 1. The summed E-state index contributed by atoms with van der Waals surface area (Å²) in [6.07, 6.45) is 1.70. The molecule has 162 valence electrons. The number of methoxy groups -OCH3 is 1. The molecular formula is C25H28N2O4. The number of nitrogens with zero attached hydrogens (tertiary/aromatic N) is 2. The number of benzene rings is 2. The number of aromatic hydroxyl groups is 1. The summed E-state index contributed by atoms with van der Waals surface area (Å²) in [7, 11) is 3.11. The van der Waals surface area contributed by atoms with E-state index in [4.69, 9.17) is 4.74 Å². The van der Waals surface area contributed by atoms with Crippen molar-refractivity contribution >= 4 is 5.91 Å². The van der Waals surface area contributed by atoms with Gasteiger partial charge in [-0.05, 0) is 59.9 Å². The highest BCUT2D eigenvalue weighted by atomic mass is 16.5. The maximum atomic E-state index is 13.3. The Morgan fingerprint density at radius 3 is 2.55 bits per heavy atom. The van der Waals surface area contributed by atoms with Crippen LogP contribution in [0.1, 0.15) is 46.8 Å². The summed E-state index contributed by atoms with van der Waals surface area (Å²) in [5, 5.41) is 9.99. The number of ether oxygens (including phenoxy) is 1. The first-order valence-electron chi connectivity index (χ1n) is 10.2. The molecule has 0 unspecified atom stereocenters. The molecule has 1 amide bonds. The van der Waals surface area contributed by atoms with E-state index in [1.165, 1.54) is 16.6 Å². The largest absolute Gasteiger partial charge is 0.504 e. The van der Waals surface area contributed by atoms with E-state index < -0.39 is 0 Å². The van der Waals surface area contributed by atoms with Crippen molar-refractivity contribution in [2.45, 2.75) is 33.2 Å². The molecule has 31 heavy (non-hydrogen) atoms. The fraction of sp³-hybridized carbons (Fsp3) is 0.280. The Balaban J connectivity index is 1.94. The molecule has 6 heteroatoms. The van der Waals surface area contributed by atoms with Crippen LogP contribution in [0, 0.1) is 6.92 Å². The SMILES string of the molecule is COc1ccc(CN(C)C(=O)c2c(C)ccn(-c3cccc(C(C)C)c3)c2=O)cc1O.